The number of carbonyl (C=O) groups is 2. The quantitative estimate of drug-likeness (QED) is 0.0900. The number of carbonyl (C=O) groups excluding carboxylic acids is 1. The second kappa shape index (κ2) is 14.9. The van der Waals surface area contributed by atoms with Gasteiger partial charge in [-0.05, 0) is 47.9 Å². The van der Waals surface area contributed by atoms with E-state index in [1.165, 1.54) is 31.4 Å². The van der Waals surface area contributed by atoms with Crippen molar-refractivity contribution in [3.63, 3.8) is 0 Å². The Kier molecular flexibility index (Phi) is 10.5. The fraction of sp³-hybridized carbons (Fsp3) is 0.429. The van der Waals surface area contributed by atoms with Gasteiger partial charge in [0.25, 0.3) is 0 Å². The molecule has 0 radical (unpaired) electrons. The number of hydrogen-bond donors (Lipinski definition) is 8. The number of fused-ring (bicyclic) bond motifs is 2. The summed E-state index contributed by atoms with van der Waals surface area (Å²) in [7, 11) is 1.44. The molecule has 4 aliphatic rings. The number of benzene rings is 2. The molecule has 16 heteroatoms. The number of rotatable bonds is 11. The minimum Gasteiger partial charge on any atom is -0.508 e. The third-order valence-corrected chi connectivity index (χ3v) is 9.48. The van der Waals surface area contributed by atoms with E-state index in [9.17, 15) is 50.4 Å². The third-order valence-electron chi connectivity index (χ3n) is 9.48. The zero-order valence-corrected chi connectivity index (χ0v) is 27.1. The van der Waals surface area contributed by atoms with Gasteiger partial charge < -0.3 is 69.3 Å². The molecule has 0 amide bonds. The summed E-state index contributed by atoms with van der Waals surface area (Å²) in [5.74, 6) is -3.88. The number of esters is 1. The maximum Gasteiger partial charge on any atom is 0.335 e. The Hall–Kier alpha value is -4.68. The normalized spacial score (nSPS) is 31.2. The smallest absolute Gasteiger partial charge is 0.335 e. The average molecular weight is 715 g/mol. The standard InChI is InChI=1S/C35H38O16/c1-46-19-9-17(8-18(38)10-19)31-22(11-36)21-6-15(7-24(39)32(21)50-31)2-5-26(40)47-13-16-3-4-20-23(33(44)45)14-48-34(27(16)20)51-35-30(43)29(42)28(41)25(12-37)49-35/h2-3,5-10,14,20,22,25,27-31,34-39,41-43H,4,11-13H2,1H3,(H,44,45). The van der Waals surface area contributed by atoms with Gasteiger partial charge in [-0.25, -0.2) is 9.59 Å². The summed E-state index contributed by atoms with van der Waals surface area (Å²) in [6.07, 6.45) is -4.42. The van der Waals surface area contributed by atoms with Crippen molar-refractivity contribution in [1.29, 1.82) is 0 Å². The Bertz CT molecular complexity index is 1730. The zero-order chi connectivity index (χ0) is 36.6. The molecule has 51 heavy (non-hydrogen) atoms. The Morgan fingerprint density at radius 2 is 1.76 bits per heavy atom. The molecule has 0 spiro atoms. The van der Waals surface area contributed by atoms with E-state index in [1.54, 1.807) is 18.2 Å². The number of allylic oxidation sites excluding steroid dienone is 1. The number of carboxylic acids is 1. The lowest BCUT2D eigenvalue weighted by atomic mass is 9.83. The van der Waals surface area contributed by atoms with Crippen LogP contribution in [0.1, 0.15) is 35.1 Å². The molecule has 0 saturated carbocycles. The van der Waals surface area contributed by atoms with Crippen molar-refractivity contribution in [2.24, 2.45) is 11.8 Å². The molecule has 1 aliphatic carbocycles. The molecule has 1 saturated heterocycles. The van der Waals surface area contributed by atoms with Gasteiger partial charge in [-0.15, -0.1) is 0 Å². The molecular formula is C35H38O16. The fourth-order valence-electron chi connectivity index (χ4n) is 6.89. The summed E-state index contributed by atoms with van der Waals surface area (Å²) in [5, 5.41) is 81.2. The van der Waals surface area contributed by atoms with E-state index in [0.29, 0.717) is 28.0 Å². The fourth-order valence-corrected chi connectivity index (χ4v) is 6.89. The third kappa shape index (κ3) is 7.12. The molecule has 2 aromatic rings. The highest BCUT2D eigenvalue weighted by molar-refractivity contribution is 5.88. The van der Waals surface area contributed by atoms with Crippen LogP contribution < -0.4 is 9.47 Å². The Morgan fingerprint density at radius 1 is 0.980 bits per heavy atom. The average Bonchev–Trinajstić information content (AvgIpc) is 3.72. The topological polar surface area (TPSA) is 251 Å². The molecule has 10 unspecified atom stereocenters. The number of aliphatic hydroxyl groups excluding tert-OH is 5. The minimum atomic E-state index is -1.73. The molecule has 1 fully saturated rings. The first-order chi connectivity index (χ1) is 24.4. The molecule has 3 aliphatic heterocycles. The Morgan fingerprint density at radius 3 is 2.47 bits per heavy atom. The van der Waals surface area contributed by atoms with Gasteiger partial charge in [0.1, 0.15) is 48.6 Å². The first-order valence-electron chi connectivity index (χ1n) is 16.0. The number of carboxylic acid groups (broad SMARTS) is 1. The van der Waals surface area contributed by atoms with Gasteiger partial charge in [-0.1, -0.05) is 6.08 Å². The largest absolute Gasteiger partial charge is 0.508 e. The molecule has 10 atom stereocenters. The van der Waals surface area contributed by atoms with E-state index in [2.05, 4.69) is 0 Å². The second-order valence-corrected chi connectivity index (χ2v) is 12.6. The van der Waals surface area contributed by atoms with Crippen LogP contribution in [0.25, 0.3) is 6.08 Å². The van der Waals surface area contributed by atoms with Crippen LogP contribution in [0.2, 0.25) is 0 Å². The number of ether oxygens (including phenoxy) is 6. The van der Waals surface area contributed by atoms with Crippen LogP contribution in [0.4, 0.5) is 0 Å². The highest BCUT2D eigenvalue weighted by Gasteiger charge is 2.50. The van der Waals surface area contributed by atoms with Crippen molar-refractivity contribution in [2.75, 3.05) is 26.9 Å². The number of aliphatic hydroxyl groups is 5. The summed E-state index contributed by atoms with van der Waals surface area (Å²) in [4.78, 5) is 24.8. The van der Waals surface area contributed by atoms with Crippen LogP contribution in [0, 0.1) is 11.8 Å². The van der Waals surface area contributed by atoms with Crippen molar-refractivity contribution in [2.45, 2.75) is 55.4 Å². The van der Waals surface area contributed by atoms with Gasteiger partial charge in [-0.3, -0.25) is 0 Å². The number of aromatic hydroxyl groups is 2. The SMILES string of the molecule is COc1cc(O)cc(C2Oc3c(O)cc(C=CC(=O)OCC4=CCC5C(C(=O)O)=COC(OC6OC(CO)C(O)C(O)C6O)C45)cc3C2CO)c1. The van der Waals surface area contributed by atoms with Crippen molar-refractivity contribution < 1.29 is 78.9 Å². The van der Waals surface area contributed by atoms with Crippen LogP contribution in [-0.2, 0) is 28.5 Å². The van der Waals surface area contributed by atoms with E-state index in [-0.39, 0.29) is 42.5 Å². The zero-order valence-electron chi connectivity index (χ0n) is 27.1. The molecule has 8 N–H and O–H groups in total. The van der Waals surface area contributed by atoms with E-state index in [0.717, 1.165) is 12.3 Å². The molecule has 6 rings (SSSR count). The van der Waals surface area contributed by atoms with Crippen LogP contribution in [0.5, 0.6) is 23.0 Å². The Balaban J connectivity index is 1.14. The molecule has 274 valence electrons. The van der Waals surface area contributed by atoms with Crippen molar-refractivity contribution in [1.82, 2.24) is 0 Å². The first kappa shape index (κ1) is 36.1. The summed E-state index contributed by atoms with van der Waals surface area (Å²) < 4.78 is 33.5. The molecule has 16 nitrogen and oxygen atoms in total. The molecule has 3 heterocycles. The minimum absolute atomic E-state index is 0.0573. The highest BCUT2D eigenvalue weighted by Crippen LogP contribution is 2.51. The number of aliphatic carboxylic acids is 1. The number of phenols is 2. The lowest BCUT2D eigenvalue weighted by Crippen LogP contribution is -2.60. The lowest BCUT2D eigenvalue weighted by Gasteiger charge is -2.42. The number of phenolic OH excluding ortho intramolecular Hbond substituents is 2. The van der Waals surface area contributed by atoms with E-state index < -0.39 is 79.4 Å². The van der Waals surface area contributed by atoms with Gasteiger partial charge in [0.2, 0.25) is 6.29 Å². The predicted octanol–water partition coefficient (Wildman–Crippen LogP) is 0.576. The van der Waals surface area contributed by atoms with Crippen LogP contribution in [0.15, 0.2) is 59.9 Å². The van der Waals surface area contributed by atoms with Crippen molar-refractivity contribution in [3.8, 4) is 23.0 Å². The van der Waals surface area contributed by atoms with Gasteiger partial charge in [-0.2, -0.15) is 0 Å². The van der Waals surface area contributed by atoms with Crippen LogP contribution in [0.3, 0.4) is 0 Å². The summed E-state index contributed by atoms with van der Waals surface area (Å²) in [5.41, 5.74) is 1.78. The van der Waals surface area contributed by atoms with Gasteiger partial charge in [0.05, 0.1) is 44.0 Å². The number of hydrogen-bond acceptors (Lipinski definition) is 15. The molecule has 2 aromatic carbocycles. The maximum atomic E-state index is 12.9. The molecule has 0 bridgehead atoms. The van der Waals surface area contributed by atoms with E-state index >= 15 is 0 Å². The predicted molar refractivity (Wildman–Crippen MR) is 171 cm³/mol. The van der Waals surface area contributed by atoms with Crippen LogP contribution in [-0.4, -0.2) is 117 Å². The van der Waals surface area contributed by atoms with E-state index in [1.807, 2.05) is 0 Å². The molecule has 0 aromatic heterocycles. The van der Waals surface area contributed by atoms with Gasteiger partial charge in [0, 0.05) is 29.2 Å². The number of methoxy groups -OCH3 is 1. The maximum absolute atomic E-state index is 12.9. The lowest BCUT2D eigenvalue weighted by molar-refractivity contribution is -0.339. The monoisotopic (exact) mass is 714 g/mol. The molecular weight excluding hydrogens is 676 g/mol. The first-order valence-corrected chi connectivity index (χ1v) is 16.0. The van der Waals surface area contributed by atoms with Gasteiger partial charge >= 0.3 is 11.9 Å². The highest BCUT2D eigenvalue weighted by atomic mass is 16.8. The van der Waals surface area contributed by atoms with Crippen molar-refractivity contribution in [3.05, 3.63) is 76.6 Å². The summed E-state index contributed by atoms with van der Waals surface area (Å²) in [6, 6.07) is 7.55. The van der Waals surface area contributed by atoms with Crippen LogP contribution >= 0.6 is 0 Å². The summed E-state index contributed by atoms with van der Waals surface area (Å²) >= 11 is 0. The Labute approximate surface area is 290 Å². The van der Waals surface area contributed by atoms with E-state index in [4.69, 9.17) is 28.4 Å². The van der Waals surface area contributed by atoms with Gasteiger partial charge in [0.15, 0.2) is 17.8 Å². The second-order valence-electron chi connectivity index (χ2n) is 12.6. The summed E-state index contributed by atoms with van der Waals surface area (Å²) in [6.45, 7) is -1.33. The van der Waals surface area contributed by atoms with Crippen molar-refractivity contribution >= 4 is 18.0 Å².